The summed E-state index contributed by atoms with van der Waals surface area (Å²) < 4.78 is 9.99. The molecule has 2 rings (SSSR count). The van der Waals surface area contributed by atoms with Gasteiger partial charge in [0.15, 0.2) is 6.10 Å². The van der Waals surface area contributed by atoms with E-state index in [9.17, 15) is 19.2 Å². The van der Waals surface area contributed by atoms with E-state index in [0.29, 0.717) is 16.9 Å². The number of ketones is 1. The van der Waals surface area contributed by atoms with Crippen LogP contribution < -0.4 is 5.32 Å². The molecule has 0 saturated heterocycles. The van der Waals surface area contributed by atoms with Crippen molar-refractivity contribution >= 4 is 29.3 Å². The third kappa shape index (κ3) is 4.46. The molecule has 1 heterocycles. The maximum atomic E-state index is 12.7. The highest BCUT2D eigenvalue weighted by Gasteiger charge is 2.27. The maximum absolute atomic E-state index is 12.7. The summed E-state index contributed by atoms with van der Waals surface area (Å²) in [5.41, 5.74) is 2.04. The lowest BCUT2D eigenvalue weighted by molar-refractivity contribution is -0.114. The summed E-state index contributed by atoms with van der Waals surface area (Å²) in [5, 5.41) is 2.57. The molecule has 0 aliphatic carbocycles. The van der Waals surface area contributed by atoms with E-state index in [4.69, 9.17) is 9.47 Å². The number of benzene rings is 1. The number of amides is 1. The Bertz CT molecular complexity index is 944. The van der Waals surface area contributed by atoms with Crippen molar-refractivity contribution in [1.82, 2.24) is 4.98 Å². The summed E-state index contributed by atoms with van der Waals surface area (Å²) in [7, 11) is 1.26. The SMILES string of the molecule is COC(=O)c1c(C)[nH]c(C(=O)C(C)OC(=O)c2cccc(NC(C)=O)c2)c1C. The Hall–Kier alpha value is -3.42. The van der Waals surface area contributed by atoms with Gasteiger partial charge in [0.25, 0.3) is 0 Å². The minimum atomic E-state index is -1.08. The number of aryl methyl sites for hydroxylation is 1. The van der Waals surface area contributed by atoms with Crippen molar-refractivity contribution in [3.8, 4) is 0 Å². The van der Waals surface area contributed by atoms with Gasteiger partial charge in [-0.15, -0.1) is 0 Å². The lowest BCUT2D eigenvalue weighted by Gasteiger charge is -2.13. The van der Waals surface area contributed by atoms with Crippen LogP contribution in [0.5, 0.6) is 0 Å². The average Bonchev–Trinajstić information content (AvgIpc) is 2.94. The number of Topliss-reactive ketones (excluding diaryl/α,β-unsaturated/α-hetero) is 1. The first-order valence-corrected chi connectivity index (χ1v) is 8.56. The third-order valence-corrected chi connectivity index (χ3v) is 4.15. The number of hydrogen-bond acceptors (Lipinski definition) is 6. The summed E-state index contributed by atoms with van der Waals surface area (Å²) in [6, 6.07) is 6.20. The number of ether oxygens (including phenoxy) is 2. The summed E-state index contributed by atoms with van der Waals surface area (Å²) in [5.74, 6) is -2.00. The van der Waals surface area contributed by atoms with Gasteiger partial charge in [0.2, 0.25) is 11.7 Å². The number of hydrogen-bond donors (Lipinski definition) is 2. The molecule has 0 radical (unpaired) electrons. The lowest BCUT2D eigenvalue weighted by Crippen LogP contribution is -2.25. The highest BCUT2D eigenvalue weighted by molar-refractivity contribution is 6.04. The zero-order valence-corrected chi connectivity index (χ0v) is 16.3. The second-order valence-corrected chi connectivity index (χ2v) is 6.29. The van der Waals surface area contributed by atoms with Crippen molar-refractivity contribution in [1.29, 1.82) is 0 Å². The number of carbonyl (C=O) groups is 4. The molecule has 0 fully saturated rings. The third-order valence-electron chi connectivity index (χ3n) is 4.15. The Kier molecular flexibility index (Phi) is 6.35. The molecule has 148 valence electrons. The Morgan fingerprint density at radius 3 is 2.39 bits per heavy atom. The fourth-order valence-corrected chi connectivity index (χ4v) is 2.82. The molecular weight excluding hydrogens is 364 g/mol. The number of aromatic amines is 1. The van der Waals surface area contributed by atoms with Crippen LogP contribution in [-0.4, -0.2) is 41.8 Å². The van der Waals surface area contributed by atoms with E-state index in [1.807, 2.05) is 0 Å². The van der Waals surface area contributed by atoms with Crippen LogP contribution in [0.15, 0.2) is 24.3 Å². The number of methoxy groups -OCH3 is 1. The van der Waals surface area contributed by atoms with Gasteiger partial charge in [-0.1, -0.05) is 6.07 Å². The van der Waals surface area contributed by atoms with Crippen LogP contribution in [0.3, 0.4) is 0 Å². The summed E-state index contributed by atoms with van der Waals surface area (Å²) in [6.07, 6.45) is -1.08. The van der Waals surface area contributed by atoms with E-state index in [2.05, 4.69) is 10.3 Å². The lowest BCUT2D eigenvalue weighted by atomic mass is 10.1. The number of esters is 2. The number of H-pyrrole nitrogens is 1. The largest absolute Gasteiger partial charge is 0.465 e. The molecule has 8 nitrogen and oxygen atoms in total. The molecule has 8 heteroatoms. The van der Waals surface area contributed by atoms with Crippen LogP contribution in [0, 0.1) is 13.8 Å². The molecule has 2 N–H and O–H groups in total. The molecule has 0 spiro atoms. The van der Waals surface area contributed by atoms with Gasteiger partial charge in [-0.25, -0.2) is 9.59 Å². The first kappa shape index (κ1) is 20.9. The predicted molar refractivity (Wildman–Crippen MR) is 102 cm³/mol. The summed E-state index contributed by atoms with van der Waals surface area (Å²) >= 11 is 0. The molecule has 0 aliphatic heterocycles. The first-order valence-electron chi connectivity index (χ1n) is 8.56. The van der Waals surface area contributed by atoms with E-state index in [1.165, 1.54) is 33.1 Å². The fraction of sp³-hybridized carbons (Fsp3) is 0.300. The van der Waals surface area contributed by atoms with Gasteiger partial charge < -0.3 is 19.8 Å². The molecule has 1 atom stereocenters. The monoisotopic (exact) mass is 386 g/mol. The topological polar surface area (TPSA) is 115 Å². The molecule has 0 saturated carbocycles. The van der Waals surface area contributed by atoms with E-state index >= 15 is 0 Å². The zero-order valence-electron chi connectivity index (χ0n) is 16.3. The molecular formula is C20H22N2O6. The number of carbonyl (C=O) groups excluding carboxylic acids is 4. The van der Waals surface area contributed by atoms with E-state index in [0.717, 1.165) is 0 Å². The Balaban J connectivity index is 2.18. The van der Waals surface area contributed by atoms with E-state index < -0.39 is 23.8 Å². The Morgan fingerprint density at radius 2 is 1.79 bits per heavy atom. The summed E-state index contributed by atoms with van der Waals surface area (Å²) in [4.78, 5) is 50.9. The molecule has 0 aliphatic rings. The second kappa shape index (κ2) is 8.51. The normalized spacial score (nSPS) is 11.5. The van der Waals surface area contributed by atoms with Crippen molar-refractivity contribution in [3.63, 3.8) is 0 Å². The molecule has 28 heavy (non-hydrogen) atoms. The van der Waals surface area contributed by atoms with Crippen LogP contribution in [0.25, 0.3) is 0 Å². The predicted octanol–water partition coefficient (Wildman–Crippen LogP) is 2.80. The van der Waals surface area contributed by atoms with Gasteiger partial charge in [-0.05, 0) is 44.5 Å². The fourth-order valence-electron chi connectivity index (χ4n) is 2.82. The minimum Gasteiger partial charge on any atom is -0.465 e. The van der Waals surface area contributed by atoms with Gasteiger partial charge >= 0.3 is 11.9 Å². The number of aromatic nitrogens is 1. The minimum absolute atomic E-state index is 0.185. The van der Waals surface area contributed by atoms with Crippen molar-refractivity contribution in [2.24, 2.45) is 0 Å². The Morgan fingerprint density at radius 1 is 1.11 bits per heavy atom. The zero-order chi connectivity index (χ0) is 21.0. The quantitative estimate of drug-likeness (QED) is 0.583. The molecule has 1 aromatic carbocycles. The van der Waals surface area contributed by atoms with Gasteiger partial charge in [0.05, 0.1) is 23.9 Å². The highest BCUT2D eigenvalue weighted by atomic mass is 16.5. The average molecular weight is 386 g/mol. The van der Waals surface area contributed by atoms with Gasteiger partial charge in [-0.2, -0.15) is 0 Å². The van der Waals surface area contributed by atoms with Crippen LogP contribution >= 0.6 is 0 Å². The van der Waals surface area contributed by atoms with Crippen LogP contribution in [0.4, 0.5) is 5.69 Å². The van der Waals surface area contributed by atoms with E-state index in [-0.39, 0.29) is 22.7 Å². The van der Waals surface area contributed by atoms with E-state index in [1.54, 1.807) is 26.0 Å². The Labute approximate surface area is 162 Å². The molecule has 0 bridgehead atoms. The van der Waals surface area contributed by atoms with Crippen LogP contribution in [-0.2, 0) is 14.3 Å². The smallest absolute Gasteiger partial charge is 0.339 e. The van der Waals surface area contributed by atoms with Crippen LogP contribution in [0.2, 0.25) is 0 Å². The second-order valence-electron chi connectivity index (χ2n) is 6.29. The molecule has 1 aromatic heterocycles. The van der Waals surface area contributed by atoms with Crippen LogP contribution in [0.1, 0.15) is 56.3 Å². The van der Waals surface area contributed by atoms with Crippen molar-refractivity contribution < 1.29 is 28.7 Å². The number of rotatable bonds is 6. The van der Waals surface area contributed by atoms with Crippen molar-refractivity contribution in [2.75, 3.05) is 12.4 Å². The standard InChI is InChI=1S/C20H22N2O6/c1-10-16(20(26)27-5)11(2)21-17(10)18(24)12(3)28-19(25)14-7-6-8-15(9-14)22-13(4)23/h6-9,12,21H,1-5H3,(H,22,23). The summed E-state index contributed by atoms with van der Waals surface area (Å²) in [6.45, 7) is 6.08. The molecule has 1 amide bonds. The highest BCUT2D eigenvalue weighted by Crippen LogP contribution is 2.21. The van der Waals surface area contributed by atoms with Gasteiger partial charge in [0.1, 0.15) is 0 Å². The van der Waals surface area contributed by atoms with Gasteiger partial charge in [-0.3, -0.25) is 9.59 Å². The molecule has 2 aromatic rings. The molecule has 1 unspecified atom stereocenters. The van der Waals surface area contributed by atoms with Crippen molar-refractivity contribution in [3.05, 3.63) is 52.3 Å². The van der Waals surface area contributed by atoms with Crippen molar-refractivity contribution in [2.45, 2.75) is 33.8 Å². The maximum Gasteiger partial charge on any atom is 0.339 e. The first-order chi connectivity index (χ1) is 13.1. The number of nitrogens with one attached hydrogen (secondary N) is 2. The number of anilines is 1. The van der Waals surface area contributed by atoms with Gasteiger partial charge in [0, 0.05) is 18.3 Å².